The van der Waals surface area contributed by atoms with Crippen molar-refractivity contribution in [1.29, 1.82) is 0 Å². The number of hydrogen-bond acceptors (Lipinski definition) is 4. The smallest absolute Gasteiger partial charge is 0.229 e. The van der Waals surface area contributed by atoms with Crippen LogP contribution in [0.4, 0.5) is 5.88 Å². The molecule has 1 heterocycles. The largest absolute Gasteiger partial charge is 0.496 e. The van der Waals surface area contributed by atoms with E-state index in [1.165, 1.54) is 0 Å². The Bertz CT molecular complexity index is 523. The molecule has 0 amide bonds. The molecule has 0 saturated carbocycles. The van der Waals surface area contributed by atoms with Gasteiger partial charge in [-0.25, -0.2) is 0 Å². The maximum absolute atomic E-state index is 6.10. The number of rotatable bonds is 2. The molecule has 2 aromatic rings. The number of ether oxygens (including phenoxy) is 1. The van der Waals surface area contributed by atoms with Crippen LogP contribution < -0.4 is 10.5 Å². The van der Waals surface area contributed by atoms with Crippen LogP contribution in [0.15, 0.2) is 22.9 Å². The lowest BCUT2D eigenvalue weighted by molar-refractivity contribution is 0.412. The first-order valence-electron chi connectivity index (χ1n) is 4.68. The summed E-state index contributed by atoms with van der Waals surface area (Å²) in [6.07, 6.45) is 1.55. The summed E-state index contributed by atoms with van der Waals surface area (Å²) in [5.74, 6) is 0.977. The topological polar surface area (TPSA) is 61.3 Å². The van der Waals surface area contributed by atoms with Crippen LogP contribution in [0.3, 0.4) is 0 Å². The molecule has 0 spiro atoms. The number of methoxy groups -OCH3 is 1. The normalized spacial score (nSPS) is 10.4. The van der Waals surface area contributed by atoms with Crippen molar-refractivity contribution in [2.45, 2.75) is 6.92 Å². The van der Waals surface area contributed by atoms with Gasteiger partial charge in [0, 0.05) is 10.6 Å². The Balaban J connectivity index is 2.59. The minimum absolute atomic E-state index is 0.266. The predicted octanol–water partition coefficient (Wildman–Crippen LogP) is 2.89. The monoisotopic (exact) mass is 238 g/mol. The molecule has 0 saturated heterocycles. The van der Waals surface area contributed by atoms with Gasteiger partial charge in [0.15, 0.2) is 0 Å². The Morgan fingerprint density at radius 3 is 2.75 bits per heavy atom. The molecule has 5 heteroatoms. The lowest BCUT2D eigenvalue weighted by atomic mass is 10.1. The van der Waals surface area contributed by atoms with Crippen LogP contribution in [-0.2, 0) is 0 Å². The number of aromatic nitrogens is 1. The Labute approximate surface area is 97.9 Å². The second-order valence-electron chi connectivity index (χ2n) is 3.39. The molecule has 2 rings (SSSR count). The molecule has 1 aromatic carbocycles. The van der Waals surface area contributed by atoms with Gasteiger partial charge in [0.2, 0.25) is 5.88 Å². The zero-order valence-electron chi connectivity index (χ0n) is 8.95. The van der Waals surface area contributed by atoms with Crippen molar-refractivity contribution < 1.29 is 9.26 Å². The van der Waals surface area contributed by atoms with Crippen LogP contribution in [0.5, 0.6) is 5.75 Å². The number of anilines is 1. The standard InChI is InChI=1S/C11H11ClN2O2/c1-6-9(12)3-7(4-10(6)15-2)8-5-14-16-11(8)13/h3-5H,13H2,1-2H3. The van der Waals surface area contributed by atoms with E-state index in [1.807, 2.05) is 19.1 Å². The first-order valence-corrected chi connectivity index (χ1v) is 5.06. The van der Waals surface area contributed by atoms with E-state index in [9.17, 15) is 0 Å². The van der Waals surface area contributed by atoms with Crippen LogP contribution in [0.1, 0.15) is 5.56 Å². The van der Waals surface area contributed by atoms with Gasteiger partial charge in [0.05, 0.1) is 18.9 Å². The molecule has 0 atom stereocenters. The summed E-state index contributed by atoms with van der Waals surface area (Å²) in [4.78, 5) is 0. The zero-order valence-corrected chi connectivity index (χ0v) is 9.71. The highest BCUT2D eigenvalue weighted by molar-refractivity contribution is 6.31. The van der Waals surface area contributed by atoms with Gasteiger partial charge in [-0.2, -0.15) is 0 Å². The third-order valence-electron chi connectivity index (χ3n) is 2.43. The van der Waals surface area contributed by atoms with Crippen LogP contribution in [0.2, 0.25) is 5.02 Å². The van der Waals surface area contributed by atoms with Gasteiger partial charge in [-0.05, 0) is 24.6 Å². The van der Waals surface area contributed by atoms with Crippen molar-refractivity contribution in [1.82, 2.24) is 5.16 Å². The molecule has 0 bridgehead atoms. The van der Waals surface area contributed by atoms with Gasteiger partial charge in [0.1, 0.15) is 5.75 Å². The summed E-state index contributed by atoms with van der Waals surface area (Å²) in [5, 5.41) is 4.24. The summed E-state index contributed by atoms with van der Waals surface area (Å²) in [7, 11) is 1.60. The van der Waals surface area contributed by atoms with Gasteiger partial charge in [0.25, 0.3) is 0 Å². The zero-order chi connectivity index (χ0) is 11.7. The first-order chi connectivity index (χ1) is 7.63. The summed E-state index contributed by atoms with van der Waals surface area (Å²) in [6.45, 7) is 1.89. The molecular formula is C11H11ClN2O2. The highest BCUT2D eigenvalue weighted by atomic mass is 35.5. The summed E-state index contributed by atoms with van der Waals surface area (Å²) in [5.41, 5.74) is 8.06. The van der Waals surface area contributed by atoms with E-state index < -0.39 is 0 Å². The van der Waals surface area contributed by atoms with Gasteiger partial charge in [-0.1, -0.05) is 16.8 Å². The third-order valence-corrected chi connectivity index (χ3v) is 2.82. The van der Waals surface area contributed by atoms with Crippen LogP contribution >= 0.6 is 11.6 Å². The lowest BCUT2D eigenvalue weighted by Crippen LogP contribution is -1.91. The van der Waals surface area contributed by atoms with Crippen molar-refractivity contribution in [3.63, 3.8) is 0 Å². The van der Waals surface area contributed by atoms with E-state index in [-0.39, 0.29) is 5.88 Å². The molecule has 0 radical (unpaired) electrons. The minimum Gasteiger partial charge on any atom is -0.496 e. The van der Waals surface area contributed by atoms with Gasteiger partial charge < -0.3 is 15.0 Å². The fourth-order valence-electron chi connectivity index (χ4n) is 1.49. The molecule has 84 valence electrons. The molecule has 4 nitrogen and oxygen atoms in total. The van der Waals surface area contributed by atoms with E-state index in [0.29, 0.717) is 16.3 Å². The quantitative estimate of drug-likeness (QED) is 0.874. The summed E-state index contributed by atoms with van der Waals surface area (Å²) < 4.78 is 10.0. The minimum atomic E-state index is 0.266. The van der Waals surface area contributed by atoms with Gasteiger partial charge >= 0.3 is 0 Å². The summed E-state index contributed by atoms with van der Waals surface area (Å²) >= 11 is 6.10. The molecule has 2 N–H and O–H groups in total. The Morgan fingerprint density at radius 1 is 1.44 bits per heavy atom. The van der Waals surface area contributed by atoms with Crippen molar-refractivity contribution in [3.8, 4) is 16.9 Å². The van der Waals surface area contributed by atoms with Gasteiger partial charge in [-0.15, -0.1) is 0 Å². The van der Waals surface area contributed by atoms with Crippen LogP contribution in [-0.4, -0.2) is 12.3 Å². The fraction of sp³-hybridized carbons (Fsp3) is 0.182. The van der Waals surface area contributed by atoms with Crippen molar-refractivity contribution >= 4 is 17.5 Å². The Hall–Kier alpha value is -1.68. The maximum atomic E-state index is 6.10. The number of nitrogen functional groups attached to an aromatic ring is 1. The van der Waals surface area contributed by atoms with Crippen molar-refractivity contribution in [2.75, 3.05) is 12.8 Å². The maximum Gasteiger partial charge on any atom is 0.229 e. The third kappa shape index (κ3) is 1.72. The van der Waals surface area contributed by atoms with Crippen molar-refractivity contribution in [2.24, 2.45) is 0 Å². The van der Waals surface area contributed by atoms with E-state index in [0.717, 1.165) is 11.1 Å². The second-order valence-corrected chi connectivity index (χ2v) is 3.80. The van der Waals surface area contributed by atoms with Gasteiger partial charge in [-0.3, -0.25) is 0 Å². The second kappa shape index (κ2) is 4.06. The van der Waals surface area contributed by atoms with E-state index in [2.05, 4.69) is 5.16 Å². The molecule has 0 unspecified atom stereocenters. The SMILES string of the molecule is COc1cc(-c2cnoc2N)cc(Cl)c1C. The number of hydrogen-bond donors (Lipinski definition) is 1. The average molecular weight is 239 g/mol. The highest BCUT2D eigenvalue weighted by Crippen LogP contribution is 2.34. The van der Waals surface area contributed by atoms with E-state index in [4.69, 9.17) is 26.6 Å². The Kier molecular flexibility index (Phi) is 2.75. The molecule has 0 fully saturated rings. The molecule has 1 aromatic heterocycles. The lowest BCUT2D eigenvalue weighted by Gasteiger charge is -2.08. The Morgan fingerprint density at radius 2 is 2.19 bits per heavy atom. The molecule has 0 aliphatic carbocycles. The molecule has 16 heavy (non-hydrogen) atoms. The molecule has 0 aliphatic heterocycles. The first kappa shape index (κ1) is 10.8. The van der Waals surface area contributed by atoms with Crippen LogP contribution in [0.25, 0.3) is 11.1 Å². The number of halogens is 1. The van der Waals surface area contributed by atoms with E-state index >= 15 is 0 Å². The van der Waals surface area contributed by atoms with Crippen LogP contribution in [0, 0.1) is 6.92 Å². The predicted molar refractivity (Wildman–Crippen MR) is 62.7 cm³/mol. The molecular weight excluding hydrogens is 228 g/mol. The number of nitrogens with zero attached hydrogens (tertiary/aromatic N) is 1. The fourth-order valence-corrected chi connectivity index (χ4v) is 1.70. The number of nitrogens with two attached hydrogens (primary N) is 1. The highest BCUT2D eigenvalue weighted by Gasteiger charge is 2.12. The molecule has 0 aliphatic rings. The number of benzene rings is 1. The van der Waals surface area contributed by atoms with Crippen molar-refractivity contribution in [3.05, 3.63) is 28.9 Å². The van der Waals surface area contributed by atoms with E-state index in [1.54, 1.807) is 13.3 Å². The average Bonchev–Trinajstić information content (AvgIpc) is 2.68. The summed E-state index contributed by atoms with van der Waals surface area (Å²) in [6, 6.07) is 3.66.